The first-order chi connectivity index (χ1) is 10.2. The summed E-state index contributed by atoms with van der Waals surface area (Å²) in [6.45, 7) is 10.5. The first kappa shape index (κ1) is 20.4. The van der Waals surface area contributed by atoms with Crippen molar-refractivity contribution in [3.63, 3.8) is 0 Å². The molecule has 0 saturated heterocycles. The van der Waals surface area contributed by atoms with Crippen LogP contribution in [0.15, 0.2) is 36.0 Å². The zero-order valence-corrected chi connectivity index (χ0v) is 17.5. The Morgan fingerprint density at radius 2 is 1.26 bits per heavy atom. The Labute approximate surface area is 139 Å². The second-order valence-electron chi connectivity index (χ2n) is 7.34. The number of benzene rings is 1. The van der Waals surface area contributed by atoms with Gasteiger partial charge < -0.3 is 8.23 Å². The van der Waals surface area contributed by atoms with Gasteiger partial charge in [0.2, 0.25) is 0 Å². The predicted molar refractivity (Wildman–Crippen MR) is 96.1 cm³/mol. The van der Waals surface area contributed by atoms with Crippen molar-refractivity contribution in [1.29, 1.82) is 0 Å². The van der Waals surface area contributed by atoms with Gasteiger partial charge in [0.25, 0.3) is 0 Å². The van der Waals surface area contributed by atoms with Gasteiger partial charge in [-0.3, -0.25) is 0 Å². The van der Waals surface area contributed by atoms with Crippen molar-refractivity contribution >= 4 is 31.3 Å². The average molecular weight is 379 g/mol. The van der Waals surface area contributed by atoms with Crippen LogP contribution < -0.4 is 0 Å². The minimum atomic E-state index is -4.52. The highest BCUT2D eigenvalue weighted by Gasteiger charge is 2.63. The zero-order chi connectivity index (χ0) is 17.9. The molecule has 23 heavy (non-hydrogen) atoms. The lowest BCUT2D eigenvalue weighted by Crippen LogP contribution is -2.63. The molecule has 0 heterocycles. The van der Waals surface area contributed by atoms with E-state index in [1.807, 2.05) is 6.07 Å². The van der Waals surface area contributed by atoms with Gasteiger partial charge in [0, 0.05) is 0 Å². The van der Waals surface area contributed by atoms with Crippen LogP contribution >= 0.6 is 0 Å². The smallest absolute Gasteiger partial charge is 0.428 e. The fourth-order valence-electron chi connectivity index (χ4n) is 1.98. The maximum atomic E-state index is 13.9. The predicted octanol–water partition coefficient (Wildman–Crippen LogP) is 5.49. The van der Waals surface area contributed by atoms with Crippen LogP contribution in [0.4, 0.5) is 13.2 Å². The van der Waals surface area contributed by atoms with Crippen LogP contribution in [0.5, 0.6) is 0 Å². The van der Waals surface area contributed by atoms with Gasteiger partial charge in [-0.05, 0) is 50.5 Å². The second kappa shape index (κ2) is 7.06. The van der Waals surface area contributed by atoms with Crippen LogP contribution in [0.25, 0.3) is 6.08 Å². The van der Waals surface area contributed by atoms with Crippen molar-refractivity contribution < 1.29 is 21.4 Å². The molecule has 0 amide bonds. The first-order valence-corrected chi connectivity index (χ1v) is 16.2. The molecule has 1 aromatic rings. The summed E-state index contributed by atoms with van der Waals surface area (Å²) in [7, 11) is -9.41. The number of rotatable bonds is 6. The third kappa shape index (κ3) is 6.76. The number of alkyl halides is 3. The molecule has 0 aliphatic heterocycles. The highest BCUT2D eigenvalue weighted by atomic mass is 28.5. The normalized spacial score (nSPS) is 14.5. The minimum Gasteiger partial charge on any atom is -0.428 e. The highest BCUT2D eigenvalue weighted by molar-refractivity contribution is 6.91. The average Bonchev–Trinajstić information content (AvgIpc) is 2.32. The van der Waals surface area contributed by atoms with Crippen LogP contribution in [0, 0.1) is 0 Å². The fraction of sp³-hybridized carbons (Fsp3) is 0.467. The molecule has 0 radical (unpaired) electrons. The molecule has 0 aliphatic rings. The van der Waals surface area contributed by atoms with E-state index in [0.29, 0.717) is 5.56 Å². The third-order valence-electron chi connectivity index (χ3n) is 2.61. The molecule has 8 heteroatoms. The standard InChI is InChI=1S/C15H25F3O2Si3/c1-21(2,3)19-23(15(16,17)18,20-22(4,5)6)13-12-14-10-8-7-9-11-14/h7-13H,1-6H3. The van der Waals surface area contributed by atoms with Crippen molar-refractivity contribution in [2.75, 3.05) is 0 Å². The van der Waals surface area contributed by atoms with E-state index in [9.17, 15) is 13.2 Å². The maximum Gasteiger partial charge on any atom is 0.464 e. The van der Waals surface area contributed by atoms with Gasteiger partial charge in [0.1, 0.15) is 0 Å². The van der Waals surface area contributed by atoms with Gasteiger partial charge in [-0.15, -0.1) is 0 Å². The Morgan fingerprint density at radius 1 is 0.826 bits per heavy atom. The Hall–Kier alpha value is -0.679. The molecule has 0 atom stereocenters. The molecular formula is C15H25F3O2Si3. The number of halogens is 3. The Bertz CT molecular complexity index is 516. The lowest BCUT2D eigenvalue weighted by molar-refractivity contribution is -0.0800. The fourth-order valence-corrected chi connectivity index (χ4v) is 11.9. The number of hydrogen-bond donors (Lipinski definition) is 0. The van der Waals surface area contributed by atoms with E-state index in [1.54, 1.807) is 63.5 Å². The summed E-state index contributed by atoms with van der Waals surface area (Å²) in [4.78, 5) is 0. The van der Waals surface area contributed by atoms with E-state index in [1.165, 1.54) is 6.08 Å². The summed E-state index contributed by atoms with van der Waals surface area (Å²) in [5.41, 5.74) is 1.85. The number of hydrogen-bond acceptors (Lipinski definition) is 2. The van der Waals surface area contributed by atoms with Gasteiger partial charge in [-0.1, -0.05) is 36.4 Å². The van der Waals surface area contributed by atoms with Crippen molar-refractivity contribution in [3.8, 4) is 0 Å². The minimum absolute atomic E-state index is 0.701. The molecular weight excluding hydrogens is 353 g/mol. The molecule has 0 bridgehead atoms. The summed E-state index contributed by atoms with van der Waals surface area (Å²) in [5.74, 6) is -4.52. The van der Waals surface area contributed by atoms with E-state index < -0.39 is 31.0 Å². The Kier molecular flexibility index (Phi) is 6.25. The quantitative estimate of drug-likeness (QED) is 0.610. The molecule has 0 N–H and O–H groups in total. The van der Waals surface area contributed by atoms with E-state index in [-0.39, 0.29) is 0 Å². The zero-order valence-electron chi connectivity index (χ0n) is 14.5. The maximum absolute atomic E-state index is 13.9. The molecule has 1 rings (SSSR count). The van der Waals surface area contributed by atoms with E-state index >= 15 is 0 Å². The van der Waals surface area contributed by atoms with Crippen molar-refractivity contribution in [3.05, 3.63) is 41.6 Å². The van der Waals surface area contributed by atoms with Crippen LogP contribution in [0.3, 0.4) is 0 Å². The van der Waals surface area contributed by atoms with E-state index in [2.05, 4.69) is 0 Å². The summed E-state index contributed by atoms with van der Waals surface area (Å²) in [5, 5.41) is 0. The molecule has 0 aliphatic carbocycles. The van der Waals surface area contributed by atoms with Crippen molar-refractivity contribution in [1.82, 2.24) is 0 Å². The van der Waals surface area contributed by atoms with Crippen LogP contribution in [0.2, 0.25) is 39.3 Å². The second-order valence-corrected chi connectivity index (χ2v) is 19.7. The van der Waals surface area contributed by atoms with Crippen LogP contribution in [-0.4, -0.2) is 31.0 Å². The van der Waals surface area contributed by atoms with Gasteiger partial charge in [-0.25, -0.2) is 0 Å². The molecule has 0 fully saturated rings. The lowest BCUT2D eigenvalue weighted by atomic mass is 10.2. The monoisotopic (exact) mass is 378 g/mol. The highest BCUT2D eigenvalue weighted by Crippen LogP contribution is 2.36. The SMILES string of the molecule is C[Si](C)(C)O[Si](C=Cc1ccccc1)(O[Si](C)(C)C)C(F)(F)F. The van der Waals surface area contributed by atoms with Crippen LogP contribution in [0.1, 0.15) is 5.56 Å². The third-order valence-corrected chi connectivity index (χ3v) is 11.3. The van der Waals surface area contributed by atoms with E-state index in [4.69, 9.17) is 8.23 Å². The van der Waals surface area contributed by atoms with Gasteiger partial charge in [0.05, 0.1) is 0 Å². The topological polar surface area (TPSA) is 18.5 Å². The van der Waals surface area contributed by atoms with Crippen LogP contribution in [-0.2, 0) is 8.23 Å². The summed E-state index contributed by atoms with van der Waals surface area (Å²) >= 11 is 0. The van der Waals surface area contributed by atoms with Gasteiger partial charge >= 0.3 is 14.4 Å². The summed E-state index contributed by atoms with van der Waals surface area (Å²) in [6.07, 6.45) is 1.47. The molecule has 2 nitrogen and oxygen atoms in total. The Morgan fingerprint density at radius 3 is 1.61 bits per heavy atom. The molecule has 0 unspecified atom stereocenters. The van der Waals surface area contributed by atoms with Gasteiger partial charge in [0.15, 0.2) is 16.6 Å². The summed E-state index contributed by atoms with van der Waals surface area (Å²) in [6, 6.07) is 8.91. The molecule has 0 saturated carbocycles. The summed E-state index contributed by atoms with van der Waals surface area (Å²) < 4.78 is 53.2. The largest absolute Gasteiger partial charge is 0.464 e. The van der Waals surface area contributed by atoms with E-state index in [0.717, 1.165) is 5.70 Å². The van der Waals surface area contributed by atoms with Crippen molar-refractivity contribution in [2.24, 2.45) is 0 Å². The molecule has 130 valence electrons. The first-order valence-electron chi connectivity index (χ1n) is 7.45. The molecule has 1 aromatic carbocycles. The van der Waals surface area contributed by atoms with Crippen molar-refractivity contribution in [2.45, 2.75) is 45.1 Å². The molecule has 0 spiro atoms. The lowest BCUT2D eigenvalue weighted by Gasteiger charge is -2.39. The Balaban J connectivity index is 3.34. The van der Waals surface area contributed by atoms with Gasteiger partial charge in [-0.2, -0.15) is 13.2 Å². The molecule has 0 aromatic heterocycles.